The normalized spacial score (nSPS) is 27.2. The molecule has 0 spiro atoms. The van der Waals surface area contributed by atoms with Crippen molar-refractivity contribution >= 4 is 11.6 Å². The highest BCUT2D eigenvalue weighted by molar-refractivity contribution is 6.30. The predicted molar refractivity (Wildman–Crippen MR) is 46.7 cm³/mol. The van der Waals surface area contributed by atoms with E-state index in [1.165, 1.54) is 6.07 Å². The summed E-state index contributed by atoms with van der Waals surface area (Å²) in [5, 5.41) is 0.436. The lowest BCUT2D eigenvalue weighted by molar-refractivity contribution is 0.609. The van der Waals surface area contributed by atoms with Gasteiger partial charge < -0.3 is 5.73 Å². The van der Waals surface area contributed by atoms with Crippen LogP contribution in [0.4, 0.5) is 4.39 Å². The van der Waals surface area contributed by atoms with E-state index < -0.39 is 0 Å². The van der Waals surface area contributed by atoms with Crippen LogP contribution in [0, 0.1) is 5.82 Å². The van der Waals surface area contributed by atoms with Crippen molar-refractivity contribution in [1.82, 2.24) is 0 Å². The largest absolute Gasteiger partial charge is 0.327 e. The fourth-order valence-electron chi connectivity index (χ4n) is 1.37. The van der Waals surface area contributed by atoms with Crippen LogP contribution in [0.1, 0.15) is 17.9 Å². The number of halogens is 2. The van der Waals surface area contributed by atoms with Crippen LogP contribution in [0.15, 0.2) is 18.2 Å². The van der Waals surface area contributed by atoms with Crippen LogP contribution < -0.4 is 5.73 Å². The molecule has 0 bridgehead atoms. The van der Waals surface area contributed by atoms with Gasteiger partial charge in [-0.1, -0.05) is 17.7 Å². The Kier molecular flexibility index (Phi) is 1.81. The molecule has 0 radical (unpaired) electrons. The molecule has 1 aliphatic carbocycles. The Morgan fingerprint density at radius 2 is 2.17 bits per heavy atom. The second-order valence-electron chi connectivity index (χ2n) is 3.17. The zero-order valence-electron chi connectivity index (χ0n) is 6.43. The van der Waals surface area contributed by atoms with Crippen LogP contribution in [-0.4, -0.2) is 6.04 Å². The molecule has 1 fully saturated rings. The van der Waals surface area contributed by atoms with Crippen LogP contribution in [0.25, 0.3) is 0 Å². The van der Waals surface area contributed by atoms with E-state index in [9.17, 15) is 4.39 Å². The maximum Gasteiger partial charge on any atom is 0.128 e. The molecule has 12 heavy (non-hydrogen) atoms. The highest BCUT2D eigenvalue weighted by Gasteiger charge is 2.36. The maximum absolute atomic E-state index is 13.2. The van der Waals surface area contributed by atoms with Crippen molar-refractivity contribution in [2.45, 2.75) is 18.4 Å². The second-order valence-corrected chi connectivity index (χ2v) is 3.61. The van der Waals surface area contributed by atoms with Crippen molar-refractivity contribution in [1.29, 1.82) is 0 Å². The molecule has 0 amide bonds. The highest BCUT2D eigenvalue weighted by atomic mass is 35.5. The first-order valence-corrected chi connectivity index (χ1v) is 4.27. The minimum atomic E-state index is -0.236. The molecule has 2 rings (SSSR count). The molecule has 1 aliphatic rings. The van der Waals surface area contributed by atoms with E-state index in [1.54, 1.807) is 12.1 Å². The average Bonchev–Trinajstić information content (AvgIpc) is 2.66. The average molecular weight is 186 g/mol. The molecule has 3 heteroatoms. The van der Waals surface area contributed by atoms with Crippen LogP contribution in [-0.2, 0) is 0 Å². The first-order valence-electron chi connectivity index (χ1n) is 3.89. The molecule has 2 N–H and O–H groups in total. The van der Waals surface area contributed by atoms with Gasteiger partial charge in [0.05, 0.1) is 0 Å². The topological polar surface area (TPSA) is 26.0 Å². The summed E-state index contributed by atoms with van der Waals surface area (Å²) in [5.41, 5.74) is 6.31. The van der Waals surface area contributed by atoms with Crippen molar-refractivity contribution < 1.29 is 4.39 Å². The Morgan fingerprint density at radius 3 is 2.67 bits per heavy atom. The van der Waals surface area contributed by atoms with Crippen molar-refractivity contribution in [3.05, 3.63) is 34.6 Å². The second kappa shape index (κ2) is 2.71. The molecule has 0 unspecified atom stereocenters. The fraction of sp³-hybridized carbons (Fsp3) is 0.333. The van der Waals surface area contributed by atoms with Crippen LogP contribution in [0.3, 0.4) is 0 Å². The number of hydrogen-bond acceptors (Lipinski definition) is 1. The molecule has 0 heterocycles. The van der Waals surface area contributed by atoms with E-state index in [-0.39, 0.29) is 17.8 Å². The quantitative estimate of drug-likeness (QED) is 0.714. The summed E-state index contributed by atoms with van der Waals surface area (Å²) in [6.45, 7) is 0. The number of benzene rings is 1. The molecule has 0 saturated heterocycles. The van der Waals surface area contributed by atoms with E-state index in [0.717, 1.165) is 6.42 Å². The zero-order chi connectivity index (χ0) is 8.72. The summed E-state index contributed by atoms with van der Waals surface area (Å²) in [7, 11) is 0. The van der Waals surface area contributed by atoms with Gasteiger partial charge in [-0.05, 0) is 24.1 Å². The van der Waals surface area contributed by atoms with E-state index in [2.05, 4.69) is 0 Å². The summed E-state index contributed by atoms with van der Waals surface area (Å²) >= 11 is 5.61. The molecule has 1 aromatic carbocycles. The molecule has 1 saturated carbocycles. The summed E-state index contributed by atoms with van der Waals surface area (Å²) < 4.78 is 13.2. The van der Waals surface area contributed by atoms with Crippen molar-refractivity contribution in [3.63, 3.8) is 0 Å². The van der Waals surface area contributed by atoms with Gasteiger partial charge in [0.15, 0.2) is 0 Å². The van der Waals surface area contributed by atoms with Crippen LogP contribution in [0.2, 0.25) is 5.02 Å². The number of nitrogens with two attached hydrogens (primary N) is 1. The van der Waals surface area contributed by atoms with Crippen molar-refractivity contribution in [2.75, 3.05) is 0 Å². The smallest absolute Gasteiger partial charge is 0.128 e. The third-order valence-electron chi connectivity index (χ3n) is 2.20. The lowest BCUT2D eigenvalue weighted by Crippen LogP contribution is -2.02. The lowest BCUT2D eigenvalue weighted by Gasteiger charge is -2.00. The molecule has 0 aliphatic heterocycles. The molecule has 1 nitrogen and oxygen atoms in total. The summed E-state index contributed by atoms with van der Waals surface area (Å²) in [4.78, 5) is 0. The van der Waals surface area contributed by atoms with Gasteiger partial charge >= 0.3 is 0 Å². The Labute approximate surface area is 75.3 Å². The van der Waals surface area contributed by atoms with Gasteiger partial charge in [-0.25, -0.2) is 4.39 Å². The van der Waals surface area contributed by atoms with E-state index in [1.807, 2.05) is 0 Å². The molecule has 1 aromatic rings. The minimum Gasteiger partial charge on any atom is -0.327 e. The Bertz CT molecular complexity index is 313. The Balaban J connectivity index is 2.33. The van der Waals surface area contributed by atoms with E-state index >= 15 is 0 Å². The number of hydrogen-bond donors (Lipinski definition) is 1. The Hall–Kier alpha value is -0.600. The highest BCUT2D eigenvalue weighted by Crippen LogP contribution is 2.40. The summed E-state index contributed by atoms with van der Waals surface area (Å²) in [5.74, 6) is -0.0253. The molecular weight excluding hydrogens is 177 g/mol. The third-order valence-corrected chi connectivity index (χ3v) is 2.44. The third kappa shape index (κ3) is 1.32. The predicted octanol–water partition coefficient (Wildman–Crippen LogP) is 2.29. The standard InChI is InChI=1S/C9H9ClFN/c10-5-1-2-6(8(11)3-5)7-4-9(7)12/h1-3,7,9H,4,12H2/t7-,9+/m0/s1. The van der Waals surface area contributed by atoms with Gasteiger partial charge in [0, 0.05) is 17.0 Å². The van der Waals surface area contributed by atoms with Crippen molar-refractivity contribution in [2.24, 2.45) is 5.73 Å². The molecule has 2 atom stereocenters. The SMILES string of the molecule is N[C@@H]1C[C@H]1c1ccc(Cl)cc1F. The molecule has 64 valence electrons. The van der Waals surface area contributed by atoms with Gasteiger partial charge in [0.25, 0.3) is 0 Å². The van der Waals surface area contributed by atoms with Crippen LogP contribution in [0.5, 0.6) is 0 Å². The van der Waals surface area contributed by atoms with Crippen molar-refractivity contribution in [3.8, 4) is 0 Å². The van der Waals surface area contributed by atoms with E-state index in [0.29, 0.717) is 10.6 Å². The maximum atomic E-state index is 13.2. The first-order chi connectivity index (χ1) is 5.68. The lowest BCUT2D eigenvalue weighted by atomic mass is 10.1. The zero-order valence-corrected chi connectivity index (χ0v) is 7.18. The van der Waals surface area contributed by atoms with Gasteiger partial charge in [0.2, 0.25) is 0 Å². The summed E-state index contributed by atoms with van der Waals surface area (Å²) in [6, 6.07) is 4.89. The van der Waals surface area contributed by atoms with Gasteiger partial charge in [-0.2, -0.15) is 0 Å². The molecule has 0 aromatic heterocycles. The van der Waals surface area contributed by atoms with E-state index in [4.69, 9.17) is 17.3 Å². The number of rotatable bonds is 1. The first kappa shape index (κ1) is 8.02. The monoisotopic (exact) mass is 185 g/mol. The van der Waals surface area contributed by atoms with Gasteiger partial charge in [-0.15, -0.1) is 0 Å². The fourth-order valence-corrected chi connectivity index (χ4v) is 1.53. The minimum absolute atomic E-state index is 0.140. The van der Waals surface area contributed by atoms with Gasteiger partial charge in [-0.3, -0.25) is 0 Å². The molecular formula is C9H9ClFN. The van der Waals surface area contributed by atoms with Crippen LogP contribution >= 0.6 is 11.6 Å². The Morgan fingerprint density at radius 1 is 1.50 bits per heavy atom. The van der Waals surface area contributed by atoms with Gasteiger partial charge in [0.1, 0.15) is 5.82 Å². The summed E-state index contributed by atoms with van der Waals surface area (Å²) in [6.07, 6.45) is 0.887.